The molecule has 1 fully saturated rings. The van der Waals surface area contributed by atoms with E-state index >= 15 is 0 Å². The number of thiazole rings is 1. The molecule has 1 aliphatic rings. The number of carbonyl (C=O) groups is 2. The minimum Gasteiger partial charge on any atom is -0.507 e. The molecule has 1 N–H and O–H groups in total. The summed E-state index contributed by atoms with van der Waals surface area (Å²) >= 11 is 7.35. The first-order valence-electron chi connectivity index (χ1n) is 11.7. The average Bonchev–Trinajstić information content (AvgIpc) is 3.45. The van der Waals surface area contributed by atoms with Crippen LogP contribution < -0.4 is 9.64 Å². The second kappa shape index (κ2) is 10.2. The van der Waals surface area contributed by atoms with Gasteiger partial charge >= 0.3 is 5.91 Å². The molecule has 8 heteroatoms. The zero-order chi connectivity index (χ0) is 26.1. The van der Waals surface area contributed by atoms with Gasteiger partial charge in [-0.25, -0.2) is 4.98 Å². The third-order valence-electron chi connectivity index (χ3n) is 6.18. The topological polar surface area (TPSA) is 79.7 Å². The highest BCUT2D eigenvalue weighted by Crippen LogP contribution is 2.44. The van der Waals surface area contributed by atoms with E-state index in [9.17, 15) is 14.7 Å². The van der Waals surface area contributed by atoms with Gasteiger partial charge in [-0.15, -0.1) is 0 Å². The van der Waals surface area contributed by atoms with E-state index in [1.807, 2.05) is 18.2 Å². The highest BCUT2D eigenvalue weighted by molar-refractivity contribution is 7.22. The number of amides is 1. The molecule has 6 nitrogen and oxygen atoms in total. The zero-order valence-corrected chi connectivity index (χ0v) is 21.6. The molecule has 0 spiro atoms. The summed E-state index contributed by atoms with van der Waals surface area (Å²) in [6.45, 7) is 6.07. The molecule has 0 bridgehead atoms. The zero-order valence-electron chi connectivity index (χ0n) is 20.0. The van der Waals surface area contributed by atoms with Crippen LogP contribution in [0.5, 0.6) is 5.75 Å². The van der Waals surface area contributed by atoms with E-state index in [2.05, 4.69) is 18.5 Å². The number of hydrogen-bond donors (Lipinski definition) is 1. The number of aryl methyl sites for hydroxylation is 1. The van der Waals surface area contributed by atoms with Gasteiger partial charge in [-0.2, -0.15) is 0 Å². The van der Waals surface area contributed by atoms with Gasteiger partial charge in [0.05, 0.1) is 21.8 Å². The van der Waals surface area contributed by atoms with Crippen molar-refractivity contribution in [2.75, 3.05) is 11.5 Å². The Labute approximate surface area is 223 Å². The number of aromatic nitrogens is 1. The maximum Gasteiger partial charge on any atom is 0.301 e. The standard InChI is InChI=1S/C29H23ClN2O4S/c1-3-15-36-21-12-8-18(9-13-21)25-24(26(33)19-6-10-20(30)11-7-19)27(34)28(35)32(25)29-31-22-14-5-17(4-2)16-23(22)37-29/h3,5-14,16,25,33H,1,4,15H2,2H3/t25-/m1/s1. The van der Waals surface area contributed by atoms with E-state index in [1.165, 1.54) is 16.2 Å². The van der Waals surface area contributed by atoms with Gasteiger partial charge in [0.1, 0.15) is 18.1 Å². The number of ether oxygens (including phenoxy) is 1. The van der Waals surface area contributed by atoms with E-state index in [0.29, 0.717) is 33.6 Å². The summed E-state index contributed by atoms with van der Waals surface area (Å²) in [4.78, 5) is 32.9. The van der Waals surface area contributed by atoms with Crippen LogP contribution >= 0.6 is 22.9 Å². The second-order valence-electron chi connectivity index (χ2n) is 8.50. The maximum absolute atomic E-state index is 13.4. The number of Topliss-reactive ketones (excluding diaryl/α,β-unsaturated/α-hetero) is 1. The third kappa shape index (κ3) is 4.63. The van der Waals surface area contributed by atoms with Crippen molar-refractivity contribution in [2.24, 2.45) is 0 Å². The fourth-order valence-electron chi connectivity index (χ4n) is 4.29. The van der Waals surface area contributed by atoms with Crippen LogP contribution in [-0.2, 0) is 16.0 Å². The van der Waals surface area contributed by atoms with Crippen LogP contribution in [0.1, 0.15) is 29.7 Å². The lowest BCUT2D eigenvalue weighted by atomic mass is 9.95. The number of fused-ring (bicyclic) bond motifs is 1. The summed E-state index contributed by atoms with van der Waals surface area (Å²) in [6.07, 6.45) is 2.51. The molecule has 4 aromatic rings. The van der Waals surface area contributed by atoms with E-state index < -0.39 is 17.7 Å². The molecule has 3 aromatic carbocycles. The van der Waals surface area contributed by atoms with Crippen molar-refractivity contribution in [1.29, 1.82) is 0 Å². The van der Waals surface area contributed by atoms with Crippen LogP contribution in [0.15, 0.2) is 85.0 Å². The van der Waals surface area contributed by atoms with Crippen LogP contribution in [0.2, 0.25) is 5.02 Å². The van der Waals surface area contributed by atoms with E-state index in [-0.39, 0.29) is 11.3 Å². The summed E-state index contributed by atoms with van der Waals surface area (Å²) in [7, 11) is 0. The lowest BCUT2D eigenvalue weighted by Crippen LogP contribution is -2.29. The normalized spacial score (nSPS) is 16.9. The van der Waals surface area contributed by atoms with Crippen molar-refractivity contribution >= 4 is 55.7 Å². The van der Waals surface area contributed by atoms with Crippen molar-refractivity contribution in [3.05, 3.63) is 107 Å². The molecule has 1 amide bonds. The predicted molar refractivity (Wildman–Crippen MR) is 147 cm³/mol. The van der Waals surface area contributed by atoms with Gasteiger partial charge in [0, 0.05) is 10.6 Å². The Morgan fingerprint density at radius 3 is 2.54 bits per heavy atom. The molecular weight excluding hydrogens is 508 g/mol. The highest BCUT2D eigenvalue weighted by Gasteiger charge is 2.48. The molecule has 5 rings (SSSR count). The molecule has 0 aliphatic carbocycles. The third-order valence-corrected chi connectivity index (χ3v) is 7.45. The number of rotatable bonds is 7. The first kappa shape index (κ1) is 24.7. The Morgan fingerprint density at radius 1 is 1.14 bits per heavy atom. The molecule has 1 atom stereocenters. The Kier molecular flexibility index (Phi) is 6.82. The number of ketones is 1. The smallest absolute Gasteiger partial charge is 0.301 e. The number of nitrogens with zero attached hydrogens (tertiary/aromatic N) is 2. The lowest BCUT2D eigenvalue weighted by molar-refractivity contribution is -0.132. The number of aliphatic hydroxyl groups excluding tert-OH is 1. The van der Waals surface area contributed by atoms with Gasteiger partial charge in [0.25, 0.3) is 5.78 Å². The number of aliphatic hydroxyl groups is 1. The van der Waals surface area contributed by atoms with Gasteiger partial charge in [-0.1, -0.05) is 60.7 Å². The van der Waals surface area contributed by atoms with Gasteiger partial charge in [-0.05, 0) is 66.1 Å². The first-order valence-corrected chi connectivity index (χ1v) is 12.9. The number of carbonyl (C=O) groups excluding carboxylic acids is 2. The number of halogens is 1. The number of benzene rings is 3. The lowest BCUT2D eigenvalue weighted by Gasteiger charge is -2.23. The van der Waals surface area contributed by atoms with Crippen LogP contribution in [0, 0.1) is 0 Å². The van der Waals surface area contributed by atoms with Crippen molar-refractivity contribution in [1.82, 2.24) is 4.98 Å². The van der Waals surface area contributed by atoms with Crippen LogP contribution in [0.4, 0.5) is 5.13 Å². The molecule has 1 aliphatic heterocycles. The molecule has 0 saturated carbocycles. The average molecular weight is 531 g/mol. The van der Waals surface area contributed by atoms with Gasteiger partial charge < -0.3 is 9.84 Å². The van der Waals surface area contributed by atoms with Crippen LogP contribution in [0.25, 0.3) is 16.0 Å². The highest BCUT2D eigenvalue weighted by atomic mass is 35.5. The van der Waals surface area contributed by atoms with Crippen LogP contribution in [-0.4, -0.2) is 28.4 Å². The number of hydrogen-bond acceptors (Lipinski definition) is 6. The Morgan fingerprint density at radius 2 is 1.86 bits per heavy atom. The van der Waals surface area contributed by atoms with Gasteiger partial charge in [0.2, 0.25) is 0 Å². The second-order valence-corrected chi connectivity index (χ2v) is 9.94. The Bertz CT molecular complexity index is 1540. The van der Waals surface area contributed by atoms with Gasteiger partial charge in [-0.3, -0.25) is 14.5 Å². The molecule has 0 unspecified atom stereocenters. The SMILES string of the molecule is C=CCOc1ccc([C@@H]2C(=C(O)c3ccc(Cl)cc3)C(=O)C(=O)N2c2nc3ccc(CC)cc3s2)cc1. The van der Waals surface area contributed by atoms with Crippen molar-refractivity contribution in [2.45, 2.75) is 19.4 Å². The minimum atomic E-state index is -0.879. The Balaban J connectivity index is 1.67. The molecular formula is C29H23ClN2O4S. The minimum absolute atomic E-state index is 0.0133. The van der Waals surface area contributed by atoms with Crippen molar-refractivity contribution in [3.8, 4) is 5.75 Å². The molecule has 2 heterocycles. The quantitative estimate of drug-likeness (QED) is 0.124. The van der Waals surface area contributed by atoms with E-state index in [4.69, 9.17) is 16.3 Å². The molecule has 1 saturated heterocycles. The summed E-state index contributed by atoms with van der Waals surface area (Å²) in [5.74, 6) is -1.19. The van der Waals surface area contributed by atoms with Gasteiger partial charge in [0.15, 0.2) is 5.13 Å². The fourth-order valence-corrected chi connectivity index (χ4v) is 5.47. The van der Waals surface area contributed by atoms with E-state index in [0.717, 1.165) is 22.2 Å². The molecule has 37 heavy (non-hydrogen) atoms. The van der Waals surface area contributed by atoms with Crippen molar-refractivity contribution < 1.29 is 19.4 Å². The predicted octanol–water partition coefficient (Wildman–Crippen LogP) is 6.70. The molecule has 186 valence electrons. The Hall–Kier alpha value is -3.94. The van der Waals surface area contributed by atoms with Crippen LogP contribution in [0.3, 0.4) is 0 Å². The summed E-state index contributed by atoms with van der Waals surface area (Å²) in [5.41, 5.74) is 2.90. The van der Waals surface area contributed by atoms with E-state index in [1.54, 1.807) is 54.6 Å². The summed E-state index contributed by atoms with van der Waals surface area (Å²) in [6, 6.07) is 18.6. The maximum atomic E-state index is 13.4. The monoisotopic (exact) mass is 530 g/mol. The largest absolute Gasteiger partial charge is 0.507 e. The number of anilines is 1. The summed E-state index contributed by atoms with van der Waals surface area (Å²) < 4.78 is 6.51. The molecule has 0 radical (unpaired) electrons. The van der Waals surface area contributed by atoms with Crippen molar-refractivity contribution in [3.63, 3.8) is 0 Å². The first-order chi connectivity index (χ1) is 17.9. The molecule has 1 aromatic heterocycles. The summed E-state index contributed by atoms with van der Waals surface area (Å²) in [5, 5.41) is 12.1. The fraction of sp³-hybridized carbons (Fsp3) is 0.138.